The van der Waals surface area contributed by atoms with Gasteiger partial charge in [-0.15, -0.1) is 0 Å². The monoisotopic (exact) mass is 393 g/mol. The third-order valence-corrected chi connectivity index (χ3v) is 5.46. The van der Waals surface area contributed by atoms with Gasteiger partial charge in [-0.2, -0.15) is 0 Å². The first kappa shape index (κ1) is 20.3. The van der Waals surface area contributed by atoms with Gasteiger partial charge in [0.1, 0.15) is 17.1 Å². The second-order valence-electron chi connectivity index (χ2n) is 7.51. The number of aromatic nitrogens is 1. The second kappa shape index (κ2) is 7.50. The zero-order valence-electron chi connectivity index (χ0n) is 16.5. The van der Waals surface area contributed by atoms with E-state index in [1.807, 2.05) is 6.92 Å². The number of benzene rings is 1. The molecule has 8 heteroatoms. The minimum Gasteiger partial charge on any atom is -0.477 e. The third-order valence-electron chi connectivity index (χ3n) is 5.46. The minimum absolute atomic E-state index is 0.0622. The molecule has 0 bridgehead atoms. The van der Waals surface area contributed by atoms with Gasteiger partial charge in [0.2, 0.25) is 5.43 Å². The third kappa shape index (κ3) is 3.26. The van der Waals surface area contributed by atoms with E-state index in [0.29, 0.717) is 25.7 Å². The predicted molar refractivity (Wildman–Crippen MR) is 104 cm³/mol. The molecule has 1 aliphatic heterocycles. The number of anilines is 1. The molecule has 1 unspecified atom stereocenters. The Morgan fingerprint density at radius 3 is 2.54 bits per heavy atom. The zero-order chi connectivity index (χ0) is 20.7. The van der Waals surface area contributed by atoms with Crippen molar-refractivity contribution in [3.05, 3.63) is 39.7 Å². The summed E-state index contributed by atoms with van der Waals surface area (Å²) < 4.78 is 31.7. The number of aryl methyl sites for hydroxylation is 1. The van der Waals surface area contributed by atoms with Crippen LogP contribution in [-0.4, -0.2) is 52.3 Å². The maximum atomic E-state index is 15.5. The van der Waals surface area contributed by atoms with E-state index < -0.39 is 28.6 Å². The lowest BCUT2D eigenvalue weighted by atomic mass is 10.1. The number of hydrogen-bond acceptors (Lipinski definition) is 4. The molecule has 152 valence electrons. The van der Waals surface area contributed by atoms with E-state index in [-0.39, 0.29) is 29.2 Å². The lowest BCUT2D eigenvalue weighted by Gasteiger charge is -2.43. The van der Waals surface area contributed by atoms with Gasteiger partial charge in [-0.05, 0) is 33.8 Å². The van der Waals surface area contributed by atoms with Crippen LogP contribution in [0.5, 0.6) is 0 Å². The molecule has 0 saturated carbocycles. The molecule has 1 saturated heterocycles. The van der Waals surface area contributed by atoms with Crippen LogP contribution < -0.4 is 10.3 Å². The second-order valence-corrected chi connectivity index (χ2v) is 7.51. The number of hydrogen-bond donors (Lipinski definition) is 1. The molecule has 28 heavy (non-hydrogen) atoms. The van der Waals surface area contributed by atoms with Crippen molar-refractivity contribution < 1.29 is 18.7 Å². The van der Waals surface area contributed by atoms with Gasteiger partial charge in [-0.25, -0.2) is 13.6 Å². The number of rotatable bonds is 4. The highest BCUT2D eigenvalue weighted by atomic mass is 19.1. The van der Waals surface area contributed by atoms with Crippen molar-refractivity contribution in [1.29, 1.82) is 0 Å². The normalized spacial score (nSPS) is 18.2. The van der Waals surface area contributed by atoms with E-state index in [1.54, 1.807) is 11.8 Å². The molecule has 1 atom stereocenters. The highest BCUT2D eigenvalue weighted by Gasteiger charge is 2.30. The smallest absolute Gasteiger partial charge is 0.341 e. The van der Waals surface area contributed by atoms with Gasteiger partial charge in [0.25, 0.3) is 0 Å². The molecule has 6 nitrogen and oxygen atoms in total. The Hall–Kier alpha value is -2.48. The Balaban J connectivity index is 2.17. The summed E-state index contributed by atoms with van der Waals surface area (Å²) >= 11 is 0. The molecule has 1 aromatic heterocycles. The van der Waals surface area contributed by atoms with Crippen LogP contribution in [0.3, 0.4) is 0 Å². The van der Waals surface area contributed by atoms with E-state index in [9.17, 15) is 19.1 Å². The molecule has 0 amide bonds. The number of carboxylic acids is 1. The Kier molecular flexibility index (Phi) is 5.43. The lowest BCUT2D eigenvalue weighted by Crippen LogP contribution is -2.54. The first-order valence-corrected chi connectivity index (χ1v) is 9.46. The number of carbonyl (C=O) groups is 1. The average molecular weight is 393 g/mol. The maximum Gasteiger partial charge on any atom is 0.341 e. The van der Waals surface area contributed by atoms with Crippen LogP contribution in [0, 0.1) is 11.6 Å². The summed E-state index contributed by atoms with van der Waals surface area (Å²) in [6, 6.07) is 1.42. The van der Waals surface area contributed by atoms with Crippen molar-refractivity contribution in [3.8, 4) is 0 Å². The van der Waals surface area contributed by atoms with Crippen LogP contribution in [0.25, 0.3) is 10.9 Å². The van der Waals surface area contributed by atoms with E-state index >= 15 is 4.39 Å². The molecule has 0 radical (unpaired) electrons. The Labute approximate surface area is 162 Å². The number of pyridine rings is 1. The summed E-state index contributed by atoms with van der Waals surface area (Å²) in [5.41, 5.74) is -1.60. The van der Waals surface area contributed by atoms with Crippen LogP contribution in [0.4, 0.5) is 14.5 Å². The maximum absolute atomic E-state index is 15.5. The molecule has 1 N–H and O–H groups in total. The fourth-order valence-electron chi connectivity index (χ4n) is 4.11. The van der Waals surface area contributed by atoms with Crippen LogP contribution in [0.15, 0.2) is 17.1 Å². The molecule has 0 aliphatic carbocycles. The number of fused-ring (bicyclic) bond motifs is 1. The van der Waals surface area contributed by atoms with E-state index in [2.05, 4.69) is 18.7 Å². The molecule has 1 aliphatic rings. The van der Waals surface area contributed by atoms with Crippen molar-refractivity contribution in [2.24, 2.45) is 0 Å². The minimum atomic E-state index is -1.42. The van der Waals surface area contributed by atoms with Gasteiger partial charge in [0.15, 0.2) is 5.82 Å². The van der Waals surface area contributed by atoms with E-state index in [0.717, 1.165) is 12.3 Å². The molecule has 2 heterocycles. The number of carboxylic acid groups (broad SMARTS) is 1. The standard InChI is InChI=1S/C20H25F2N3O3/c1-5-23-10-14(20(27)28)19(26)13-8-15(21)18(16(22)17(13)23)24-6-7-25(11(2)3)12(4)9-24/h8,10-12H,5-7,9H2,1-4H3,(H,27,28). The number of aromatic carboxylic acids is 1. The highest BCUT2D eigenvalue weighted by molar-refractivity contribution is 5.93. The Morgan fingerprint density at radius 1 is 1.32 bits per heavy atom. The van der Waals surface area contributed by atoms with Crippen molar-refractivity contribution in [2.75, 3.05) is 24.5 Å². The van der Waals surface area contributed by atoms with Crippen molar-refractivity contribution >= 4 is 22.6 Å². The van der Waals surface area contributed by atoms with Gasteiger partial charge in [-0.3, -0.25) is 9.69 Å². The quantitative estimate of drug-likeness (QED) is 0.865. The topological polar surface area (TPSA) is 65.8 Å². The summed E-state index contributed by atoms with van der Waals surface area (Å²) in [4.78, 5) is 27.7. The molecule has 3 rings (SSSR count). The molecule has 2 aromatic rings. The SMILES string of the molecule is CCn1cc(C(=O)O)c(=O)c2cc(F)c(N3CCN(C(C)C)C(C)C3)c(F)c21. The highest BCUT2D eigenvalue weighted by Crippen LogP contribution is 2.31. The number of nitrogens with zero attached hydrogens (tertiary/aromatic N) is 3. The van der Waals surface area contributed by atoms with E-state index in [1.165, 1.54) is 4.57 Å². The van der Waals surface area contributed by atoms with Crippen LogP contribution in [0.1, 0.15) is 38.1 Å². The fourth-order valence-corrected chi connectivity index (χ4v) is 4.11. The average Bonchev–Trinajstić information content (AvgIpc) is 2.62. The predicted octanol–water partition coefficient (Wildman–Crippen LogP) is 2.92. The van der Waals surface area contributed by atoms with Crippen LogP contribution in [-0.2, 0) is 6.54 Å². The van der Waals surface area contributed by atoms with Gasteiger partial charge in [0, 0.05) is 44.5 Å². The van der Waals surface area contributed by atoms with Gasteiger partial charge < -0.3 is 14.6 Å². The number of piperazine rings is 1. The zero-order valence-corrected chi connectivity index (χ0v) is 16.5. The first-order valence-electron chi connectivity index (χ1n) is 9.46. The molecular weight excluding hydrogens is 368 g/mol. The molecular formula is C20H25F2N3O3. The Bertz CT molecular complexity index is 987. The molecule has 0 spiro atoms. The van der Waals surface area contributed by atoms with Gasteiger partial charge in [0.05, 0.1) is 10.9 Å². The van der Waals surface area contributed by atoms with E-state index in [4.69, 9.17) is 0 Å². The summed E-state index contributed by atoms with van der Waals surface area (Å²) in [5.74, 6) is -3.09. The lowest BCUT2D eigenvalue weighted by molar-refractivity contribution is 0.0694. The van der Waals surface area contributed by atoms with Crippen molar-refractivity contribution in [3.63, 3.8) is 0 Å². The summed E-state index contributed by atoms with van der Waals surface area (Å²) in [6.07, 6.45) is 1.12. The molecule has 1 aromatic carbocycles. The summed E-state index contributed by atoms with van der Waals surface area (Å²) in [5, 5.41) is 8.97. The van der Waals surface area contributed by atoms with Crippen LogP contribution >= 0.6 is 0 Å². The number of halogens is 2. The van der Waals surface area contributed by atoms with Gasteiger partial charge in [-0.1, -0.05) is 0 Å². The summed E-state index contributed by atoms with van der Waals surface area (Å²) in [6.45, 7) is 9.75. The van der Waals surface area contributed by atoms with Crippen LogP contribution in [0.2, 0.25) is 0 Å². The van der Waals surface area contributed by atoms with Crippen molar-refractivity contribution in [1.82, 2.24) is 9.47 Å². The Morgan fingerprint density at radius 2 is 2.00 bits per heavy atom. The fraction of sp³-hybridized carbons (Fsp3) is 0.500. The summed E-state index contributed by atoms with van der Waals surface area (Å²) in [7, 11) is 0. The van der Waals surface area contributed by atoms with Crippen molar-refractivity contribution in [2.45, 2.75) is 46.3 Å². The molecule has 1 fully saturated rings. The first-order chi connectivity index (χ1) is 13.2. The largest absolute Gasteiger partial charge is 0.477 e. The van der Waals surface area contributed by atoms with Gasteiger partial charge >= 0.3 is 5.97 Å².